The van der Waals surface area contributed by atoms with Crippen LogP contribution in [-0.2, 0) is 20.6 Å². The van der Waals surface area contributed by atoms with E-state index in [9.17, 15) is 4.79 Å². The molecule has 4 aromatic rings. The number of nitrogens with zero attached hydrogens (tertiary/aromatic N) is 5. The third-order valence-electron chi connectivity index (χ3n) is 5.66. The van der Waals surface area contributed by atoms with E-state index in [1.807, 2.05) is 69.9 Å². The normalized spacial score (nSPS) is 11.2. The number of carbonyl (C=O) groups is 1. The second-order valence-corrected chi connectivity index (χ2v) is 7.65. The minimum absolute atomic E-state index is 0.171. The van der Waals surface area contributed by atoms with Crippen LogP contribution < -0.4 is 10.1 Å². The van der Waals surface area contributed by atoms with Crippen molar-refractivity contribution in [2.24, 2.45) is 14.1 Å². The molecule has 3 aromatic heterocycles. The monoisotopic (exact) mass is 418 g/mol. The van der Waals surface area contributed by atoms with Crippen molar-refractivity contribution in [3.8, 4) is 17.0 Å². The molecule has 0 spiro atoms. The topological polar surface area (TPSA) is 86.9 Å². The van der Waals surface area contributed by atoms with E-state index in [2.05, 4.69) is 15.5 Å². The second-order valence-electron chi connectivity index (χ2n) is 7.65. The van der Waals surface area contributed by atoms with Crippen LogP contribution in [0.2, 0.25) is 0 Å². The van der Waals surface area contributed by atoms with E-state index < -0.39 is 0 Å². The number of amides is 1. The van der Waals surface area contributed by atoms with Crippen LogP contribution in [0.1, 0.15) is 33.0 Å². The van der Waals surface area contributed by atoms with E-state index in [1.54, 1.807) is 11.8 Å². The number of benzene rings is 1. The number of pyridine rings is 1. The minimum Gasteiger partial charge on any atom is -0.497 e. The molecule has 8 heteroatoms. The molecule has 0 aliphatic carbocycles. The van der Waals surface area contributed by atoms with Crippen molar-refractivity contribution in [3.05, 3.63) is 58.5 Å². The third-order valence-corrected chi connectivity index (χ3v) is 5.66. The van der Waals surface area contributed by atoms with Gasteiger partial charge in [-0.15, -0.1) is 0 Å². The van der Waals surface area contributed by atoms with Gasteiger partial charge in [-0.1, -0.05) is 12.1 Å². The Kier molecular flexibility index (Phi) is 5.22. The predicted octanol–water partition coefficient (Wildman–Crippen LogP) is 3.23. The van der Waals surface area contributed by atoms with Gasteiger partial charge in [-0.05, 0) is 39.0 Å². The second kappa shape index (κ2) is 7.86. The molecule has 0 aliphatic rings. The van der Waals surface area contributed by atoms with Gasteiger partial charge < -0.3 is 10.1 Å². The highest BCUT2D eigenvalue weighted by atomic mass is 16.5. The molecule has 1 N–H and O–H groups in total. The Hall–Kier alpha value is -3.68. The van der Waals surface area contributed by atoms with E-state index in [4.69, 9.17) is 9.72 Å². The number of nitrogens with one attached hydrogen (secondary N) is 1. The van der Waals surface area contributed by atoms with Crippen molar-refractivity contribution in [3.63, 3.8) is 0 Å². The van der Waals surface area contributed by atoms with E-state index in [0.29, 0.717) is 23.4 Å². The molecule has 1 amide bonds. The van der Waals surface area contributed by atoms with E-state index in [-0.39, 0.29) is 5.91 Å². The maximum absolute atomic E-state index is 13.3. The molecule has 8 nitrogen and oxygen atoms in total. The van der Waals surface area contributed by atoms with Crippen LogP contribution in [0.15, 0.2) is 30.3 Å². The molecule has 4 rings (SSSR count). The van der Waals surface area contributed by atoms with Gasteiger partial charge in [-0.3, -0.25) is 14.2 Å². The SMILES string of the molecule is COc1cccc(-c2cc(C(=O)NCc3c(C)nn(C)c3C)c3c(C)nn(C)c3n2)c1. The average Bonchev–Trinajstić information content (AvgIpc) is 3.19. The molecule has 160 valence electrons. The first kappa shape index (κ1) is 20.6. The van der Waals surface area contributed by atoms with Crippen LogP contribution in [0.25, 0.3) is 22.3 Å². The Morgan fingerprint density at radius 1 is 1.06 bits per heavy atom. The van der Waals surface area contributed by atoms with Crippen LogP contribution in [0, 0.1) is 20.8 Å². The summed E-state index contributed by atoms with van der Waals surface area (Å²) in [6, 6.07) is 9.46. The number of hydrogen-bond acceptors (Lipinski definition) is 5. The van der Waals surface area contributed by atoms with E-state index in [0.717, 1.165) is 39.3 Å². The van der Waals surface area contributed by atoms with Crippen molar-refractivity contribution < 1.29 is 9.53 Å². The summed E-state index contributed by atoms with van der Waals surface area (Å²) in [5.74, 6) is 0.560. The van der Waals surface area contributed by atoms with Crippen LogP contribution in [0.5, 0.6) is 5.75 Å². The van der Waals surface area contributed by atoms with Crippen LogP contribution in [0.3, 0.4) is 0 Å². The van der Waals surface area contributed by atoms with Gasteiger partial charge in [-0.2, -0.15) is 10.2 Å². The Labute approximate surface area is 180 Å². The van der Waals surface area contributed by atoms with Crippen molar-refractivity contribution in [1.82, 2.24) is 29.9 Å². The zero-order chi connectivity index (χ0) is 22.3. The Morgan fingerprint density at radius 3 is 2.48 bits per heavy atom. The summed E-state index contributed by atoms with van der Waals surface area (Å²) in [7, 11) is 5.36. The molecule has 0 saturated heterocycles. The summed E-state index contributed by atoms with van der Waals surface area (Å²) in [6.07, 6.45) is 0. The number of rotatable bonds is 5. The van der Waals surface area contributed by atoms with Gasteiger partial charge in [-0.25, -0.2) is 4.98 Å². The summed E-state index contributed by atoms with van der Waals surface area (Å²) in [5, 5.41) is 12.7. The standard InChI is InChI=1S/C23H26N6O2/c1-13-19(15(3)28(4)26-13)12-24-23(30)18-11-20(16-8-7-9-17(10-16)31-6)25-22-21(18)14(2)27-29(22)5/h7-11H,12H2,1-6H3,(H,24,30). The molecule has 0 bridgehead atoms. The van der Waals surface area contributed by atoms with Gasteiger partial charge in [0.1, 0.15) is 5.75 Å². The summed E-state index contributed by atoms with van der Waals surface area (Å²) < 4.78 is 8.88. The highest BCUT2D eigenvalue weighted by Gasteiger charge is 2.20. The average molecular weight is 419 g/mol. The predicted molar refractivity (Wildman–Crippen MR) is 119 cm³/mol. The first-order valence-corrected chi connectivity index (χ1v) is 10.1. The lowest BCUT2D eigenvalue weighted by molar-refractivity contribution is 0.0952. The molecule has 0 aliphatic heterocycles. The quantitative estimate of drug-likeness (QED) is 0.538. The molecule has 0 atom stereocenters. The zero-order valence-electron chi connectivity index (χ0n) is 18.6. The Bertz CT molecular complexity index is 1300. The van der Waals surface area contributed by atoms with Gasteiger partial charge in [0.25, 0.3) is 5.91 Å². The molecule has 3 heterocycles. The van der Waals surface area contributed by atoms with Crippen LogP contribution in [-0.4, -0.2) is 37.6 Å². The van der Waals surface area contributed by atoms with Crippen molar-refractivity contribution in [2.45, 2.75) is 27.3 Å². The largest absolute Gasteiger partial charge is 0.497 e. The number of carbonyl (C=O) groups excluding carboxylic acids is 1. The molecule has 0 saturated carbocycles. The fraction of sp³-hybridized carbons (Fsp3) is 0.304. The number of hydrogen-bond donors (Lipinski definition) is 1. The van der Waals surface area contributed by atoms with E-state index in [1.165, 1.54) is 0 Å². The highest BCUT2D eigenvalue weighted by molar-refractivity contribution is 6.07. The lowest BCUT2D eigenvalue weighted by Gasteiger charge is -2.10. The highest BCUT2D eigenvalue weighted by Crippen LogP contribution is 2.28. The molecule has 0 unspecified atom stereocenters. The van der Waals surface area contributed by atoms with Gasteiger partial charge in [0.2, 0.25) is 0 Å². The van der Waals surface area contributed by atoms with Gasteiger partial charge >= 0.3 is 0 Å². The van der Waals surface area contributed by atoms with Crippen molar-refractivity contribution >= 4 is 16.9 Å². The maximum Gasteiger partial charge on any atom is 0.252 e. The molecule has 1 aromatic carbocycles. The molecule has 0 fully saturated rings. The van der Waals surface area contributed by atoms with Crippen molar-refractivity contribution in [2.75, 3.05) is 7.11 Å². The van der Waals surface area contributed by atoms with Crippen LogP contribution >= 0.6 is 0 Å². The summed E-state index contributed by atoms with van der Waals surface area (Å²) in [4.78, 5) is 18.1. The number of aromatic nitrogens is 5. The lowest BCUT2D eigenvalue weighted by Crippen LogP contribution is -2.24. The molecular formula is C23H26N6O2. The number of aryl methyl sites for hydroxylation is 4. The number of fused-ring (bicyclic) bond motifs is 1. The van der Waals surface area contributed by atoms with Gasteiger partial charge in [0.05, 0.1) is 35.1 Å². The summed E-state index contributed by atoms with van der Waals surface area (Å²) >= 11 is 0. The van der Waals surface area contributed by atoms with Crippen LogP contribution in [0.4, 0.5) is 0 Å². The smallest absolute Gasteiger partial charge is 0.252 e. The number of ether oxygens (including phenoxy) is 1. The first-order valence-electron chi connectivity index (χ1n) is 10.1. The Morgan fingerprint density at radius 2 is 1.81 bits per heavy atom. The summed E-state index contributed by atoms with van der Waals surface area (Å²) in [6.45, 7) is 6.24. The zero-order valence-corrected chi connectivity index (χ0v) is 18.6. The molecular weight excluding hydrogens is 392 g/mol. The molecule has 0 radical (unpaired) electrons. The first-order chi connectivity index (χ1) is 14.8. The molecule has 31 heavy (non-hydrogen) atoms. The fourth-order valence-electron chi connectivity index (χ4n) is 3.89. The number of methoxy groups -OCH3 is 1. The van der Waals surface area contributed by atoms with E-state index >= 15 is 0 Å². The maximum atomic E-state index is 13.3. The van der Waals surface area contributed by atoms with Crippen molar-refractivity contribution in [1.29, 1.82) is 0 Å². The third kappa shape index (κ3) is 3.65. The fourth-order valence-corrected chi connectivity index (χ4v) is 3.89. The minimum atomic E-state index is -0.171. The van der Waals surface area contributed by atoms with Gasteiger partial charge in [0, 0.05) is 37.5 Å². The summed E-state index contributed by atoms with van der Waals surface area (Å²) in [5.41, 5.74) is 6.51. The Balaban J connectivity index is 1.77. The van der Waals surface area contributed by atoms with Gasteiger partial charge in [0.15, 0.2) is 5.65 Å². The lowest BCUT2D eigenvalue weighted by atomic mass is 10.0.